The van der Waals surface area contributed by atoms with Crippen LogP contribution in [-0.2, 0) is 17.5 Å². The maximum atomic E-state index is 13.0. The van der Waals surface area contributed by atoms with Crippen LogP contribution in [0.15, 0.2) is 46.9 Å². The Morgan fingerprint density at radius 2 is 1.87 bits per heavy atom. The zero-order valence-electron chi connectivity index (χ0n) is 12.1. The van der Waals surface area contributed by atoms with Gasteiger partial charge >= 0.3 is 12.3 Å². The standard InChI is InChI=1S/C16H13BrF3NO2/c1-10-13(16(18,19)20)7-12(17)8-14(10)21-15(22)23-9-11-5-3-2-4-6-11/h2-8H,9H2,1H3,(H,21,22). The molecule has 2 aromatic carbocycles. The molecule has 0 atom stereocenters. The molecule has 0 fully saturated rings. The number of ether oxygens (including phenoxy) is 1. The molecule has 2 aromatic rings. The van der Waals surface area contributed by atoms with Crippen LogP contribution in [0.25, 0.3) is 0 Å². The van der Waals surface area contributed by atoms with Crippen LogP contribution < -0.4 is 5.32 Å². The van der Waals surface area contributed by atoms with E-state index in [-0.39, 0.29) is 22.3 Å². The van der Waals surface area contributed by atoms with Crippen LogP contribution in [0.3, 0.4) is 0 Å². The van der Waals surface area contributed by atoms with Crippen molar-refractivity contribution < 1.29 is 22.7 Å². The van der Waals surface area contributed by atoms with Gasteiger partial charge in [0.1, 0.15) is 6.61 Å². The Kier molecular flexibility index (Phi) is 5.30. The maximum absolute atomic E-state index is 13.0. The van der Waals surface area contributed by atoms with Gasteiger partial charge in [0, 0.05) is 10.2 Å². The summed E-state index contributed by atoms with van der Waals surface area (Å²) in [6, 6.07) is 11.3. The van der Waals surface area contributed by atoms with Gasteiger partial charge in [0.25, 0.3) is 0 Å². The Morgan fingerprint density at radius 3 is 2.48 bits per heavy atom. The summed E-state index contributed by atoms with van der Waals surface area (Å²) in [6.45, 7) is 1.33. The molecule has 7 heteroatoms. The third kappa shape index (κ3) is 4.72. The van der Waals surface area contributed by atoms with E-state index in [1.54, 1.807) is 24.3 Å². The molecule has 2 rings (SSSR count). The first-order chi connectivity index (χ1) is 10.8. The third-order valence-corrected chi connectivity index (χ3v) is 3.59. The van der Waals surface area contributed by atoms with Gasteiger partial charge < -0.3 is 4.74 Å². The number of amides is 1. The van der Waals surface area contributed by atoms with E-state index in [4.69, 9.17) is 4.74 Å². The fraction of sp³-hybridized carbons (Fsp3) is 0.188. The quantitative estimate of drug-likeness (QED) is 0.752. The minimum absolute atomic E-state index is 0.0336. The van der Waals surface area contributed by atoms with E-state index < -0.39 is 17.8 Å². The number of benzene rings is 2. The molecular formula is C16H13BrF3NO2. The van der Waals surface area contributed by atoms with Gasteiger partial charge in [0.15, 0.2) is 0 Å². The minimum Gasteiger partial charge on any atom is -0.444 e. The van der Waals surface area contributed by atoms with E-state index in [0.29, 0.717) is 0 Å². The van der Waals surface area contributed by atoms with Gasteiger partial charge in [-0.25, -0.2) is 4.79 Å². The van der Waals surface area contributed by atoms with Gasteiger partial charge in [-0.05, 0) is 30.2 Å². The van der Waals surface area contributed by atoms with Gasteiger partial charge in [-0.15, -0.1) is 0 Å². The highest BCUT2D eigenvalue weighted by atomic mass is 79.9. The number of carbonyl (C=O) groups excluding carboxylic acids is 1. The van der Waals surface area contributed by atoms with Crippen LogP contribution in [0.4, 0.5) is 23.7 Å². The summed E-state index contributed by atoms with van der Waals surface area (Å²) in [4.78, 5) is 11.8. The van der Waals surface area contributed by atoms with Gasteiger partial charge in [-0.3, -0.25) is 5.32 Å². The Balaban J connectivity index is 2.10. The highest BCUT2D eigenvalue weighted by molar-refractivity contribution is 9.10. The molecule has 0 heterocycles. The average Bonchev–Trinajstić information content (AvgIpc) is 2.48. The van der Waals surface area contributed by atoms with Crippen molar-refractivity contribution in [3.05, 3.63) is 63.6 Å². The summed E-state index contributed by atoms with van der Waals surface area (Å²) in [5, 5.41) is 2.34. The lowest BCUT2D eigenvalue weighted by Crippen LogP contribution is -2.16. The van der Waals surface area contributed by atoms with Crippen LogP contribution >= 0.6 is 15.9 Å². The third-order valence-electron chi connectivity index (χ3n) is 3.13. The topological polar surface area (TPSA) is 38.3 Å². The fourth-order valence-corrected chi connectivity index (χ4v) is 2.43. The molecule has 0 aromatic heterocycles. The molecule has 23 heavy (non-hydrogen) atoms. The molecule has 0 aliphatic heterocycles. The molecule has 0 aliphatic carbocycles. The van der Waals surface area contributed by atoms with Gasteiger partial charge in [0.2, 0.25) is 0 Å². The van der Waals surface area contributed by atoms with Crippen LogP contribution in [-0.4, -0.2) is 6.09 Å². The molecule has 0 saturated carbocycles. The second-order valence-corrected chi connectivity index (χ2v) is 5.73. The van der Waals surface area contributed by atoms with Gasteiger partial charge in [-0.1, -0.05) is 46.3 Å². The molecule has 0 bridgehead atoms. The first-order valence-corrected chi connectivity index (χ1v) is 7.41. The Morgan fingerprint density at radius 1 is 1.22 bits per heavy atom. The van der Waals surface area contributed by atoms with E-state index >= 15 is 0 Å². The monoisotopic (exact) mass is 387 g/mol. The Labute approximate surface area is 139 Å². The molecule has 0 unspecified atom stereocenters. The van der Waals surface area contributed by atoms with Crippen molar-refractivity contribution in [2.75, 3.05) is 5.32 Å². The molecular weight excluding hydrogens is 375 g/mol. The lowest BCUT2D eigenvalue weighted by molar-refractivity contribution is -0.138. The van der Waals surface area contributed by atoms with Crippen molar-refractivity contribution in [2.45, 2.75) is 19.7 Å². The molecule has 0 aliphatic rings. The number of halogens is 4. The SMILES string of the molecule is Cc1c(NC(=O)OCc2ccccc2)cc(Br)cc1C(F)(F)F. The summed E-state index contributed by atoms with van der Waals surface area (Å²) in [6.07, 6.45) is -5.32. The minimum atomic E-state index is -4.50. The van der Waals surface area contributed by atoms with E-state index in [0.717, 1.165) is 11.6 Å². The van der Waals surface area contributed by atoms with Crippen molar-refractivity contribution in [1.29, 1.82) is 0 Å². The zero-order chi connectivity index (χ0) is 17.0. The predicted octanol–water partition coefficient (Wildman–Crippen LogP) is 5.53. The largest absolute Gasteiger partial charge is 0.444 e. The zero-order valence-corrected chi connectivity index (χ0v) is 13.7. The van der Waals surface area contributed by atoms with Crippen LogP contribution in [0.2, 0.25) is 0 Å². The average molecular weight is 388 g/mol. The summed E-state index contributed by atoms with van der Waals surface area (Å²) in [5.74, 6) is 0. The van der Waals surface area contributed by atoms with E-state index in [9.17, 15) is 18.0 Å². The second-order valence-electron chi connectivity index (χ2n) is 4.81. The van der Waals surface area contributed by atoms with Crippen molar-refractivity contribution >= 4 is 27.7 Å². The number of hydrogen-bond donors (Lipinski definition) is 1. The smallest absolute Gasteiger partial charge is 0.416 e. The normalized spacial score (nSPS) is 11.2. The van der Waals surface area contributed by atoms with Crippen molar-refractivity contribution in [3.8, 4) is 0 Å². The number of hydrogen-bond acceptors (Lipinski definition) is 2. The maximum Gasteiger partial charge on any atom is 0.416 e. The molecule has 0 radical (unpaired) electrons. The molecule has 0 saturated heterocycles. The van der Waals surface area contributed by atoms with E-state index in [1.165, 1.54) is 13.0 Å². The fourth-order valence-electron chi connectivity index (χ4n) is 1.97. The highest BCUT2D eigenvalue weighted by Crippen LogP contribution is 2.37. The highest BCUT2D eigenvalue weighted by Gasteiger charge is 2.33. The van der Waals surface area contributed by atoms with Crippen LogP contribution in [0.5, 0.6) is 0 Å². The molecule has 1 amide bonds. The Hall–Kier alpha value is -2.02. The van der Waals surface area contributed by atoms with Crippen LogP contribution in [0, 0.1) is 6.92 Å². The Bertz CT molecular complexity index is 702. The van der Waals surface area contributed by atoms with Crippen molar-refractivity contribution in [1.82, 2.24) is 0 Å². The number of alkyl halides is 3. The lowest BCUT2D eigenvalue weighted by Gasteiger charge is -2.15. The molecule has 3 nitrogen and oxygen atoms in total. The molecule has 122 valence electrons. The summed E-state index contributed by atoms with van der Waals surface area (Å²) >= 11 is 3.01. The van der Waals surface area contributed by atoms with E-state index in [1.807, 2.05) is 6.07 Å². The van der Waals surface area contributed by atoms with Crippen molar-refractivity contribution in [2.24, 2.45) is 0 Å². The summed E-state index contributed by atoms with van der Waals surface area (Å²) < 4.78 is 44.1. The number of nitrogens with one attached hydrogen (secondary N) is 1. The molecule has 0 spiro atoms. The summed E-state index contributed by atoms with van der Waals surface area (Å²) in [5.41, 5.74) is -0.0584. The number of anilines is 1. The predicted molar refractivity (Wildman–Crippen MR) is 84.1 cm³/mol. The second kappa shape index (κ2) is 7.04. The number of carbonyl (C=O) groups is 1. The van der Waals surface area contributed by atoms with Gasteiger partial charge in [-0.2, -0.15) is 13.2 Å². The lowest BCUT2D eigenvalue weighted by atomic mass is 10.1. The molecule has 1 N–H and O–H groups in total. The van der Waals surface area contributed by atoms with Crippen LogP contribution in [0.1, 0.15) is 16.7 Å². The van der Waals surface area contributed by atoms with Gasteiger partial charge in [0.05, 0.1) is 5.56 Å². The van der Waals surface area contributed by atoms with Crippen molar-refractivity contribution in [3.63, 3.8) is 0 Å². The first kappa shape index (κ1) is 17.3. The summed E-state index contributed by atoms with van der Waals surface area (Å²) in [7, 11) is 0. The first-order valence-electron chi connectivity index (χ1n) is 6.62. The van der Waals surface area contributed by atoms with E-state index in [2.05, 4.69) is 21.2 Å². The number of rotatable bonds is 3.